The fourth-order valence-corrected chi connectivity index (χ4v) is 4.19. The van der Waals surface area contributed by atoms with Crippen LogP contribution in [0.25, 0.3) is 0 Å². The molecule has 1 fully saturated rings. The van der Waals surface area contributed by atoms with Crippen LogP contribution in [0.2, 0.25) is 0 Å². The molecule has 1 N–H and O–H groups in total. The first-order chi connectivity index (χ1) is 9.79. The van der Waals surface area contributed by atoms with E-state index in [-0.39, 0.29) is 0 Å². The highest BCUT2D eigenvalue weighted by atomic mass is 32.2. The summed E-state index contributed by atoms with van der Waals surface area (Å²) in [5.74, 6) is 3.04. The molecule has 1 saturated carbocycles. The summed E-state index contributed by atoms with van der Waals surface area (Å²) in [6.07, 6.45) is 6.90. The molecule has 1 unspecified atom stereocenters. The van der Waals surface area contributed by atoms with Crippen LogP contribution in [-0.4, -0.2) is 18.3 Å². The van der Waals surface area contributed by atoms with Gasteiger partial charge in [0.1, 0.15) is 0 Å². The number of thioether (sulfide) groups is 1. The molecule has 0 spiro atoms. The molecule has 1 atom stereocenters. The summed E-state index contributed by atoms with van der Waals surface area (Å²) >= 11 is 2.01. The van der Waals surface area contributed by atoms with Crippen molar-refractivity contribution in [1.29, 1.82) is 0 Å². The highest BCUT2D eigenvalue weighted by Crippen LogP contribution is 2.32. The highest BCUT2D eigenvalue weighted by Gasteiger charge is 2.25. The van der Waals surface area contributed by atoms with Gasteiger partial charge in [0.2, 0.25) is 0 Å². The van der Waals surface area contributed by atoms with E-state index >= 15 is 0 Å². The molecule has 0 aliphatic heterocycles. The molecule has 0 aromatic heterocycles. The van der Waals surface area contributed by atoms with Crippen LogP contribution in [0.15, 0.2) is 35.2 Å². The molecule has 1 aliphatic carbocycles. The fourth-order valence-electron chi connectivity index (χ4n) is 3.08. The van der Waals surface area contributed by atoms with Gasteiger partial charge in [0.15, 0.2) is 0 Å². The van der Waals surface area contributed by atoms with Crippen molar-refractivity contribution in [3.63, 3.8) is 0 Å². The summed E-state index contributed by atoms with van der Waals surface area (Å²) in [7, 11) is 0. The Labute approximate surface area is 128 Å². The molecular formula is C18H29NS. The molecule has 0 saturated heterocycles. The number of rotatable bonds is 7. The molecule has 1 aromatic carbocycles. The Morgan fingerprint density at radius 3 is 2.50 bits per heavy atom. The van der Waals surface area contributed by atoms with Crippen LogP contribution < -0.4 is 5.32 Å². The molecule has 0 heterocycles. The lowest BCUT2D eigenvalue weighted by Gasteiger charge is -2.33. The third-order valence-electron chi connectivity index (χ3n) is 4.46. The second-order valence-electron chi connectivity index (χ2n) is 6.20. The summed E-state index contributed by atoms with van der Waals surface area (Å²) in [5, 5.41) is 3.80. The number of benzene rings is 1. The molecule has 2 heteroatoms. The van der Waals surface area contributed by atoms with Gasteiger partial charge in [-0.05, 0) is 49.8 Å². The molecule has 0 amide bonds. The van der Waals surface area contributed by atoms with Crippen LogP contribution in [0.5, 0.6) is 0 Å². The zero-order chi connectivity index (χ0) is 14.2. The molecular weight excluding hydrogens is 262 g/mol. The largest absolute Gasteiger partial charge is 0.313 e. The predicted octanol–water partition coefficient (Wildman–Crippen LogP) is 4.97. The quantitative estimate of drug-likeness (QED) is 0.712. The van der Waals surface area contributed by atoms with Gasteiger partial charge in [-0.3, -0.25) is 0 Å². The molecule has 0 radical (unpaired) electrons. The molecule has 1 aliphatic rings. The minimum Gasteiger partial charge on any atom is -0.313 e. The highest BCUT2D eigenvalue weighted by molar-refractivity contribution is 7.99. The lowest BCUT2D eigenvalue weighted by atomic mass is 9.79. The normalized spacial score (nSPS) is 24.5. The van der Waals surface area contributed by atoms with Crippen LogP contribution >= 0.6 is 11.8 Å². The van der Waals surface area contributed by atoms with Gasteiger partial charge >= 0.3 is 0 Å². The Hall–Kier alpha value is -0.470. The lowest BCUT2D eigenvalue weighted by molar-refractivity contribution is 0.242. The second-order valence-corrected chi connectivity index (χ2v) is 7.30. The average molecular weight is 292 g/mol. The summed E-state index contributed by atoms with van der Waals surface area (Å²) in [6, 6.07) is 11.5. The van der Waals surface area contributed by atoms with Crippen LogP contribution in [-0.2, 0) is 0 Å². The van der Waals surface area contributed by atoms with E-state index in [1.54, 1.807) is 0 Å². The summed E-state index contributed by atoms with van der Waals surface area (Å²) in [4.78, 5) is 1.40. The minimum atomic E-state index is 0.688. The molecule has 2 rings (SSSR count). The van der Waals surface area contributed by atoms with Crippen molar-refractivity contribution in [3.8, 4) is 0 Å². The van der Waals surface area contributed by atoms with E-state index in [0.29, 0.717) is 6.04 Å². The van der Waals surface area contributed by atoms with Crippen molar-refractivity contribution in [2.75, 3.05) is 12.3 Å². The van der Waals surface area contributed by atoms with Crippen molar-refractivity contribution in [2.45, 2.75) is 56.9 Å². The SMILES string of the molecule is CCCNC(CSc1ccccc1)C1CCC(C)CC1. The molecule has 1 aromatic rings. The Kier molecular flexibility index (Phi) is 6.95. The zero-order valence-corrected chi connectivity index (χ0v) is 13.8. The van der Waals surface area contributed by atoms with Crippen molar-refractivity contribution in [3.05, 3.63) is 30.3 Å². The smallest absolute Gasteiger partial charge is 0.0189 e. The monoisotopic (exact) mass is 291 g/mol. The van der Waals surface area contributed by atoms with Gasteiger partial charge in [-0.2, -0.15) is 0 Å². The maximum Gasteiger partial charge on any atom is 0.0189 e. The van der Waals surface area contributed by atoms with Gasteiger partial charge < -0.3 is 5.32 Å². The van der Waals surface area contributed by atoms with Gasteiger partial charge in [0, 0.05) is 16.7 Å². The third kappa shape index (κ3) is 5.14. The average Bonchev–Trinajstić information content (AvgIpc) is 2.50. The Bertz CT molecular complexity index is 357. The first-order valence-electron chi connectivity index (χ1n) is 8.20. The first-order valence-corrected chi connectivity index (χ1v) is 9.19. The molecule has 0 bridgehead atoms. The van der Waals surface area contributed by atoms with E-state index in [4.69, 9.17) is 0 Å². The van der Waals surface area contributed by atoms with E-state index < -0.39 is 0 Å². The van der Waals surface area contributed by atoms with Crippen LogP contribution in [0.1, 0.15) is 46.0 Å². The van der Waals surface area contributed by atoms with Crippen LogP contribution in [0.4, 0.5) is 0 Å². The maximum atomic E-state index is 3.80. The lowest BCUT2D eigenvalue weighted by Crippen LogP contribution is -2.40. The Morgan fingerprint density at radius 2 is 1.85 bits per heavy atom. The molecule has 20 heavy (non-hydrogen) atoms. The summed E-state index contributed by atoms with van der Waals surface area (Å²) in [5.41, 5.74) is 0. The zero-order valence-electron chi connectivity index (χ0n) is 13.0. The van der Waals surface area contributed by atoms with Gasteiger partial charge in [0.05, 0.1) is 0 Å². The van der Waals surface area contributed by atoms with Crippen molar-refractivity contribution < 1.29 is 0 Å². The molecule has 112 valence electrons. The van der Waals surface area contributed by atoms with Gasteiger partial charge in [-0.1, -0.05) is 44.9 Å². The molecule has 1 nitrogen and oxygen atoms in total. The number of hydrogen-bond acceptors (Lipinski definition) is 2. The number of hydrogen-bond donors (Lipinski definition) is 1. The first kappa shape index (κ1) is 15.9. The maximum absolute atomic E-state index is 3.80. The van der Waals surface area contributed by atoms with E-state index in [9.17, 15) is 0 Å². The van der Waals surface area contributed by atoms with E-state index in [1.165, 1.54) is 42.8 Å². The van der Waals surface area contributed by atoms with E-state index in [2.05, 4.69) is 49.5 Å². The standard InChI is InChI=1S/C18H29NS/c1-3-13-19-18(16-11-9-15(2)10-12-16)14-20-17-7-5-4-6-8-17/h4-8,15-16,18-19H,3,9-14H2,1-2H3. The number of nitrogens with one attached hydrogen (secondary N) is 1. The topological polar surface area (TPSA) is 12.0 Å². The third-order valence-corrected chi connectivity index (χ3v) is 5.59. The summed E-state index contributed by atoms with van der Waals surface area (Å²) < 4.78 is 0. The fraction of sp³-hybridized carbons (Fsp3) is 0.667. The van der Waals surface area contributed by atoms with Gasteiger partial charge in [-0.15, -0.1) is 11.8 Å². The Morgan fingerprint density at radius 1 is 1.15 bits per heavy atom. The van der Waals surface area contributed by atoms with Crippen LogP contribution in [0.3, 0.4) is 0 Å². The van der Waals surface area contributed by atoms with E-state index in [0.717, 1.165) is 18.4 Å². The van der Waals surface area contributed by atoms with Crippen molar-refractivity contribution in [1.82, 2.24) is 5.32 Å². The minimum absolute atomic E-state index is 0.688. The second kappa shape index (κ2) is 8.74. The van der Waals surface area contributed by atoms with Crippen molar-refractivity contribution >= 4 is 11.8 Å². The van der Waals surface area contributed by atoms with Crippen molar-refractivity contribution in [2.24, 2.45) is 11.8 Å². The predicted molar refractivity (Wildman–Crippen MR) is 90.4 cm³/mol. The van der Waals surface area contributed by atoms with Gasteiger partial charge in [-0.25, -0.2) is 0 Å². The van der Waals surface area contributed by atoms with Crippen LogP contribution in [0, 0.1) is 11.8 Å². The Balaban J connectivity index is 1.86. The van der Waals surface area contributed by atoms with E-state index in [1.807, 2.05) is 11.8 Å². The van der Waals surface area contributed by atoms with Gasteiger partial charge in [0.25, 0.3) is 0 Å². The summed E-state index contributed by atoms with van der Waals surface area (Å²) in [6.45, 7) is 5.83.